The summed E-state index contributed by atoms with van der Waals surface area (Å²) in [7, 11) is 1.68. The maximum absolute atomic E-state index is 6.16. The van der Waals surface area contributed by atoms with Crippen molar-refractivity contribution in [3.8, 4) is 11.5 Å². The Balaban J connectivity index is 1.45. The first kappa shape index (κ1) is 15.7. The number of hydrogen-bond acceptors (Lipinski definition) is 7. The average molecular weight is 347 g/mol. The second kappa shape index (κ2) is 6.57. The summed E-state index contributed by atoms with van der Waals surface area (Å²) < 4.78 is 21.6. The van der Waals surface area contributed by atoms with Gasteiger partial charge in [-0.3, -0.25) is 0 Å². The fraction of sp³-hybridized carbons (Fsp3) is 0.529. The van der Waals surface area contributed by atoms with E-state index in [0.29, 0.717) is 6.61 Å². The third-order valence-corrected chi connectivity index (χ3v) is 5.07. The van der Waals surface area contributed by atoms with Crippen LogP contribution in [0.3, 0.4) is 0 Å². The van der Waals surface area contributed by atoms with E-state index in [-0.39, 0.29) is 0 Å². The molecule has 1 fully saturated rings. The SMILES string of the molecule is COCCc1nsc(Nc2ccc3c(c2)OC2(CCCCC2)O3)n1. The highest BCUT2D eigenvalue weighted by molar-refractivity contribution is 7.09. The Kier molecular flexibility index (Phi) is 4.28. The first-order valence-corrected chi connectivity index (χ1v) is 9.14. The molecular weight excluding hydrogens is 326 g/mol. The summed E-state index contributed by atoms with van der Waals surface area (Å²) in [5.74, 6) is 2.01. The van der Waals surface area contributed by atoms with Crippen LogP contribution in [-0.2, 0) is 11.2 Å². The summed E-state index contributed by atoms with van der Waals surface area (Å²) in [6, 6.07) is 5.93. The van der Waals surface area contributed by atoms with Crippen LogP contribution in [0.25, 0.3) is 0 Å². The second-order valence-electron chi connectivity index (χ2n) is 6.22. The number of nitrogens with zero attached hydrogens (tertiary/aromatic N) is 2. The van der Waals surface area contributed by atoms with Gasteiger partial charge in [0, 0.05) is 49.7 Å². The van der Waals surface area contributed by atoms with Crippen molar-refractivity contribution < 1.29 is 14.2 Å². The summed E-state index contributed by atoms with van der Waals surface area (Å²) in [4.78, 5) is 4.46. The molecule has 0 bridgehead atoms. The predicted octanol–water partition coefficient (Wildman–Crippen LogP) is 3.90. The van der Waals surface area contributed by atoms with Gasteiger partial charge in [-0.25, -0.2) is 4.98 Å². The first-order valence-electron chi connectivity index (χ1n) is 8.37. The van der Waals surface area contributed by atoms with E-state index in [1.54, 1.807) is 7.11 Å². The van der Waals surface area contributed by atoms with E-state index in [2.05, 4.69) is 14.7 Å². The minimum atomic E-state index is -0.435. The van der Waals surface area contributed by atoms with E-state index in [1.165, 1.54) is 18.0 Å². The number of nitrogens with one attached hydrogen (secondary N) is 1. The summed E-state index contributed by atoms with van der Waals surface area (Å²) in [6.45, 7) is 0.627. The van der Waals surface area contributed by atoms with E-state index < -0.39 is 5.79 Å². The molecule has 128 valence electrons. The van der Waals surface area contributed by atoms with Crippen molar-refractivity contribution in [3.05, 3.63) is 24.0 Å². The molecule has 1 saturated carbocycles. The molecule has 4 rings (SSSR count). The number of methoxy groups -OCH3 is 1. The number of hydrogen-bond donors (Lipinski definition) is 1. The molecule has 1 aromatic heterocycles. The Morgan fingerprint density at radius 1 is 1.21 bits per heavy atom. The second-order valence-corrected chi connectivity index (χ2v) is 6.97. The highest BCUT2D eigenvalue weighted by Gasteiger charge is 2.42. The lowest BCUT2D eigenvalue weighted by molar-refractivity contribution is -0.105. The molecule has 2 heterocycles. The van der Waals surface area contributed by atoms with Crippen molar-refractivity contribution in [1.82, 2.24) is 9.36 Å². The normalized spacial score (nSPS) is 18.0. The van der Waals surface area contributed by atoms with Crippen LogP contribution in [-0.4, -0.2) is 28.9 Å². The lowest BCUT2D eigenvalue weighted by Crippen LogP contribution is -2.40. The monoisotopic (exact) mass is 347 g/mol. The van der Waals surface area contributed by atoms with Crippen LogP contribution in [0.15, 0.2) is 18.2 Å². The highest BCUT2D eigenvalue weighted by Crippen LogP contribution is 2.46. The van der Waals surface area contributed by atoms with Gasteiger partial charge >= 0.3 is 0 Å². The summed E-state index contributed by atoms with van der Waals surface area (Å²) in [5, 5.41) is 4.06. The van der Waals surface area contributed by atoms with Gasteiger partial charge in [-0.15, -0.1) is 0 Å². The zero-order valence-electron chi connectivity index (χ0n) is 13.7. The van der Waals surface area contributed by atoms with E-state index in [9.17, 15) is 0 Å². The van der Waals surface area contributed by atoms with Crippen molar-refractivity contribution in [1.29, 1.82) is 0 Å². The Hall–Kier alpha value is -1.86. The molecule has 24 heavy (non-hydrogen) atoms. The Labute approximate surface area is 145 Å². The average Bonchev–Trinajstić information content (AvgIpc) is 3.17. The predicted molar refractivity (Wildman–Crippen MR) is 92.3 cm³/mol. The molecule has 0 saturated heterocycles. The maximum Gasteiger partial charge on any atom is 0.251 e. The summed E-state index contributed by atoms with van der Waals surface area (Å²) in [5.41, 5.74) is 0.930. The van der Waals surface area contributed by atoms with Gasteiger partial charge < -0.3 is 19.5 Å². The van der Waals surface area contributed by atoms with E-state index in [1.807, 2.05) is 18.2 Å². The van der Waals surface area contributed by atoms with Crippen LogP contribution in [0.2, 0.25) is 0 Å². The van der Waals surface area contributed by atoms with Crippen molar-refractivity contribution in [2.75, 3.05) is 19.0 Å². The van der Waals surface area contributed by atoms with Crippen LogP contribution in [0.5, 0.6) is 11.5 Å². The van der Waals surface area contributed by atoms with Crippen molar-refractivity contribution >= 4 is 22.4 Å². The number of aromatic nitrogens is 2. The first-order chi connectivity index (χ1) is 11.8. The minimum Gasteiger partial charge on any atom is -0.448 e. The number of anilines is 2. The van der Waals surface area contributed by atoms with Gasteiger partial charge in [0.25, 0.3) is 5.79 Å². The largest absolute Gasteiger partial charge is 0.448 e. The maximum atomic E-state index is 6.16. The molecule has 2 aliphatic rings. The zero-order valence-corrected chi connectivity index (χ0v) is 14.5. The van der Waals surface area contributed by atoms with Crippen LogP contribution < -0.4 is 14.8 Å². The topological polar surface area (TPSA) is 65.5 Å². The van der Waals surface area contributed by atoms with Gasteiger partial charge in [0.15, 0.2) is 11.5 Å². The van der Waals surface area contributed by atoms with Crippen LogP contribution in [0.1, 0.15) is 37.9 Å². The zero-order chi connectivity index (χ0) is 16.4. The third kappa shape index (κ3) is 3.18. The molecule has 0 amide bonds. The lowest BCUT2D eigenvalue weighted by atomic mass is 9.94. The van der Waals surface area contributed by atoms with E-state index >= 15 is 0 Å². The van der Waals surface area contributed by atoms with E-state index in [4.69, 9.17) is 14.2 Å². The smallest absolute Gasteiger partial charge is 0.251 e. The van der Waals surface area contributed by atoms with Gasteiger partial charge in [-0.2, -0.15) is 4.37 Å². The highest BCUT2D eigenvalue weighted by atomic mass is 32.1. The van der Waals surface area contributed by atoms with E-state index in [0.717, 1.165) is 60.2 Å². The third-order valence-electron chi connectivity index (χ3n) is 4.40. The quantitative estimate of drug-likeness (QED) is 0.885. The Bertz CT molecular complexity index is 713. The number of rotatable bonds is 5. The summed E-state index contributed by atoms with van der Waals surface area (Å²) in [6.07, 6.45) is 6.23. The van der Waals surface area contributed by atoms with Gasteiger partial charge in [-0.1, -0.05) is 6.42 Å². The Morgan fingerprint density at radius 2 is 2.04 bits per heavy atom. The number of ether oxygens (including phenoxy) is 3. The van der Waals surface area contributed by atoms with Gasteiger partial charge in [0.1, 0.15) is 5.82 Å². The molecule has 0 atom stereocenters. The Morgan fingerprint density at radius 3 is 2.88 bits per heavy atom. The molecule has 1 spiro atoms. The molecule has 7 heteroatoms. The fourth-order valence-corrected chi connectivity index (χ4v) is 3.82. The van der Waals surface area contributed by atoms with Crippen LogP contribution >= 0.6 is 11.5 Å². The minimum absolute atomic E-state index is 0.435. The number of benzene rings is 1. The molecule has 1 aromatic carbocycles. The van der Waals surface area contributed by atoms with Crippen LogP contribution in [0.4, 0.5) is 10.8 Å². The lowest BCUT2D eigenvalue weighted by Gasteiger charge is -2.31. The molecular formula is C17H21N3O3S. The van der Waals surface area contributed by atoms with Gasteiger partial charge in [0.2, 0.25) is 5.13 Å². The molecule has 0 unspecified atom stereocenters. The van der Waals surface area contributed by atoms with Crippen molar-refractivity contribution in [2.45, 2.75) is 44.3 Å². The van der Waals surface area contributed by atoms with Gasteiger partial charge in [0.05, 0.1) is 6.61 Å². The fourth-order valence-electron chi connectivity index (χ4n) is 3.19. The number of fused-ring (bicyclic) bond motifs is 1. The molecule has 1 aliphatic heterocycles. The standard InChI is InChI=1S/C17H21N3O3S/c1-21-10-7-15-19-16(24-20-15)18-12-5-6-13-14(11-12)23-17(22-13)8-3-2-4-9-17/h5-6,11H,2-4,7-10H2,1H3,(H,18,19,20). The molecule has 1 aliphatic carbocycles. The molecule has 1 N–H and O–H groups in total. The van der Waals surface area contributed by atoms with Gasteiger partial charge in [-0.05, 0) is 25.0 Å². The molecule has 0 radical (unpaired) electrons. The summed E-state index contributed by atoms with van der Waals surface area (Å²) >= 11 is 1.35. The molecule has 2 aromatic rings. The van der Waals surface area contributed by atoms with Crippen LogP contribution in [0, 0.1) is 0 Å². The van der Waals surface area contributed by atoms with Crippen molar-refractivity contribution in [3.63, 3.8) is 0 Å². The van der Waals surface area contributed by atoms with Crippen molar-refractivity contribution in [2.24, 2.45) is 0 Å². The molecule has 6 nitrogen and oxygen atoms in total.